The third-order valence-electron chi connectivity index (χ3n) is 3.50. The fourth-order valence-electron chi connectivity index (χ4n) is 2.16. The van der Waals surface area contributed by atoms with E-state index in [9.17, 15) is 9.59 Å². The van der Waals surface area contributed by atoms with Crippen molar-refractivity contribution in [1.29, 1.82) is 0 Å². The summed E-state index contributed by atoms with van der Waals surface area (Å²) in [7, 11) is 0. The van der Waals surface area contributed by atoms with Gasteiger partial charge < -0.3 is 10.6 Å². The fraction of sp³-hybridized carbons (Fsp3) is 0.263. The number of benzene rings is 2. The molecule has 0 saturated heterocycles. The quantitative estimate of drug-likeness (QED) is 0.772. The Kier molecular flexibility index (Phi) is 6.36. The highest BCUT2D eigenvalue weighted by Crippen LogP contribution is 2.06. The summed E-state index contributed by atoms with van der Waals surface area (Å²) in [6.45, 7) is 3.19. The minimum absolute atomic E-state index is 0.142. The monoisotopic (exact) mass is 310 g/mol. The second-order valence-electron chi connectivity index (χ2n) is 5.36. The Morgan fingerprint density at radius 1 is 0.870 bits per heavy atom. The van der Waals surface area contributed by atoms with E-state index in [2.05, 4.69) is 17.6 Å². The van der Waals surface area contributed by atoms with Crippen molar-refractivity contribution in [3.05, 3.63) is 71.3 Å². The maximum Gasteiger partial charge on any atom is 0.251 e. The van der Waals surface area contributed by atoms with E-state index in [4.69, 9.17) is 0 Å². The minimum Gasteiger partial charge on any atom is -0.352 e. The van der Waals surface area contributed by atoms with Gasteiger partial charge >= 0.3 is 0 Å². The van der Waals surface area contributed by atoms with Crippen molar-refractivity contribution >= 4 is 11.8 Å². The van der Waals surface area contributed by atoms with E-state index in [1.807, 2.05) is 30.3 Å². The molecule has 0 atom stereocenters. The predicted octanol–water partition coefficient (Wildman–Crippen LogP) is 3.15. The van der Waals surface area contributed by atoms with Crippen molar-refractivity contribution in [2.45, 2.75) is 26.3 Å². The van der Waals surface area contributed by atoms with Crippen LogP contribution < -0.4 is 10.6 Å². The molecular weight excluding hydrogens is 288 g/mol. The first-order chi connectivity index (χ1) is 11.2. The second kappa shape index (κ2) is 8.73. The molecule has 0 aliphatic carbocycles. The third-order valence-corrected chi connectivity index (χ3v) is 3.50. The molecule has 0 saturated carbocycles. The van der Waals surface area contributed by atoms with Crippen LogP contribution in [0.4, 0.5) is 0 Å². The molecule has 23 heavy (non-hydrogen) atoms. The van der Waals surface area contributed by atoms with Crippen LogP contribution in [0.3, 0.4) is 0 Å². The summed E-state index contributed by atoms with van der Waals surface area (Å²) in [6.07, 6.45) is 1.98. The van der Waals surface area contributed by atoms with Crippen LogP contribution >= 0.6 is 0 Å². The van der Waals surface area contributed by atoms with Gasteiger partial charge in [0.15, 0.2) is 0 Å². The van der Waals surface area contributed by atoms with Crippen molar-refractivity contribution in [2.75, 3.05) is 6.54 Å². The van der Waals surface area contributed by atoms with Gasteiger partial charge in [-0.05, 0) is 30.2 Å². The predicted molar refractivity (Wildman–Crippen MR) is 91.3 cm³/mol. The molecule has 2 aromatic carbocycles. The molecule has 2 aromatic rings. The van der Waals surface area contributed by atoms with E-state index < -0.39 is 0 Å². The minimum atomic E-state index is -0.183. The van der Waals surface area contributed by atoms with E-state index >= 15 is 0 Å². The first-order valence-electron chi connectivity index (χ1n) is 7.91. The van der Waals surface area contributed by atoms with Crippen molar-refractivity contribution in [3.63, 3.8) is 0 Å². The molecule has 0 unspecified atom stereocenters. The van der Waals surface area contributed by atoms with Crippen LogP contribution in [-0.2, 0) is 6.54 Å². The Hall–Kier alpha value is -2.62. The van der Waals surface area contributed by atoms with Gasteiger partial charge in [0.1, 0.15) is 0 Å². The molecule has 4 heteroatoms. The summed E-state index contributed by atoms with van der Waals surface area (Å²) < 4.78 is 0. The zero-order valence-corrected chi connectivity index (χ0v) is 13.3. The van der Waals surface area contributed by atoms with Crippen molar-refractivity contribution in [2.24, 2.45) is 0 Å². The van der Waals surface area contributed by atoms with Crippen LogP contribution in [0.1, 0.15) is 46.0 Å². The molecule has 0 fully saturated rings. The second-order valence-corrected chi connectivity index (χ2v) is 5.36. The average molecular weight is 310 g/mol. The molecule has 4 nitrogen and oxygen atoms in total. The molecule has 0 spiro atoms. The van der Waals surface area contributed by atoms with Gasteiger partial charge in [0.05, 0.1) is 0 Å². The third kappa shape index (κ3) is 5.25. The fourth-order valence-corrected chi connectivity index (χ4v) is 2.16. The lowest BCUT2D eigenvalue weighted by molar-refractivity contribution is 0.0950. The van der Waals surface area contributed by atoms with Crippen LogP contribution in [0.15, 0.2) is 54.6 Å². The molecule has 0 heterocycles. The Morgan fingerprint density at radius 3 is 2.17 bits per heavy atom. The van der Waals surface area contributed by atoms with Gasteiger partial charge in [-0.1, -0.05) is 49.7 Å². The summed E-state index contributed by atoms with van der Waals surface area (Å²) in [4.78, 5) is 24.2. The SMILES string of the molecule is CCCCNC(=O)c1cccc(C(=O)NCc2ccccc2)c1. The Bertz CT molecular complexity index is 653. The smallest absolute Gasteiger partial charge is 0.251 e. The molecule has 2 amide bonds. The summed E-state index contributed by atoms with van der Waals surface area (Å²) in [5.41, 5.74) is 2.03. The number of amides is 2. The van der Waals surface area contributed by atoms with Crippen LogP contribution in [0.25, 0.3) is 0 Å². The standard InChI is InChI=1S/C19H22N2O2/c1-2-3-12-20-18(22)16-10-7-11-17(13-16)19(23)21-14-15-8-5-4-6-9-15/h4-11,13H,2-3,12,14H2,1H3,(H,20,22)(H,21,23). The Balaban J connectivity index is 1.95. The maximum absolute atomic E-state index is 12.2. The van der Waals surface area contributed by atoms with E-state index in [0.717, 1.165) is 18.4 Å². The molecule has 2 rings (SSSR count). The van der Waals surface area contributed by atoms with E-state index in [-0.39, 0.29) is 11.8 Å². The maximum atomic E-state index is 12.2. The van der Waals surface area contributed by atoms with Crippen molar-refractivity contribution in [3.8, 4) is 0 Å². The van der Waals surface area contributed by atoms with E-state index in [0.29, 0.717) is 24.2 Å². The average Bonchev–Trinajstić information content (AvgIpc) is 2.61. The van der Waals surface area contributed by atoms with Gasteiger partial charge in [0.2, 0.25) is 0 Å². The van der Waals surface area contributed by atoms with E-state index in [1.54, 1.807) is 24.3 Å². The summed E-state index contributed by atoms with van der Waals surface area (Å²) in [6, 6.07) is 16.5. The van der Waals surface area contributed by atoms with Gasteiger partial charge in [0, 0.05) is 24.2 Å². The number of carbonyl (C=O) groups excluding carboxylic acids is 2. The topological polar surface area (TPSA) is 58.2 Å². The Labute approximate surface area is 136 Å². The van der Waals surface area contributed by atoms with Gasteiger partial charge in [-0.15, -0.1) is 0 Å². The lowest BCUT2D eigenvalue weighted by atomic mass is 10.1. The molecule has 0 aliphatic heterocycles. The molecule has 0 radical (unpaired) electrons. The highest BCUT2D eigenvalue weighted by atomic mass is 16.2. The number of rotatable bonds is 7. The van der Waals surface area contributed by atoms with Crippen LogP contribution in [-0.4, -0.2) is 18.4 Å². The molecule has 0 bridgehead atoms. The number of hydrogen-bond acceptors (Lipinski definition) is 2. The normalized spacial score (nSPS) is 10.1. The first kappa shape index (κ1) is 16.7. The largest absolute Gasteiger partial charge is 0.352 e. The lowest BCUT2D eigenvalue weighted by Crippen LogP contribution is -2.26. The van der Waals surface area contributed by atoms with Gasteiger partial charge in [0.25, 0.3) is 11.8 Å². The Morgan fingerprint density at radius 2 is 1.52 bits per heavy atom. The summed E-state index contributed by atoms with van der Waals surface area (Å²) in [5, 5.41) is 5.72. The lowest BCUT2D eigenvalue weighted by Gasteiger charge is -2.08. The van der Waals surface area contributed by atoms with Gasteiger partial charge in [-0.3, -0.25) is 9.59 Å². The summed E-state index contributed by atoms with van der Waals surface area (Å²) >= 11 is 0. The van der Waals surface area contributed by atoms with Crippen molar-refractivity contribution in [1.82, 2.24) is 10.6 Å². The van der Waals surface area contributed by atoms with E-state index in [1.165, 1.54) is 0 Å². The zero-order valence-electron chi connectivity index (χ0n) is 13.3. The van der Waals surface area contributed by atoms with Gasteiger partial charge in [-0.2, -0.15) is 0 Å². The van der Waals surface area contributed by atoms with Crippen LogP contribution in [0.2, 0.25) is 0 Å². The molecule has 0 aromatic heterocycles. The number of unbranched alkanes of at least 4 members (excludes halogenated alkanes) is 1. The number of nitrogens with one attached hydrogen (secondary N) is 2. The molecule has 2 N–H and O–H groups in total. The molecular formula is C19H22N2O2. The number of carbonyl (C=O) groups is 2. The van der Waals surface area contributed by atoms with Crippen molar-refractivity contribution < 1.29 is 9.59 Å². The highest BCUT2D eigenvalue weighted by molar-refractivity contribution is 5.99. The van der Waals surface area contributed by atoms with Crippen LogP contribution in [0.5, 0.6) is 0 Å². The highest BCUT2D eigenvalue weighted by Gasteiger charge is 2.10. The molecule has 120 valence electrons. The van der Waals surface area contributed by atoms with Gasteiger partial charge in [-0.25, -0.2) is 0 Å². The first-order valence-corrected chi connectivity index (χ1v) is 7.91. The summed E-state index contributed by atoms with van der Waals surface area (Å²) in [5.74, 6) is -0.326. The molecule has 0 aliphatic rings. The number of hydrogen-bond donors (Lipinski definition) is 2. The van der Waals surface area contributed by atoms with Crippen LogP contribution in [0, 0.1) is 0 Å². The zero-order chi connectivity index (χ0) is 16.5.